The molecule has 3 heterocycles. The molecule has 16 heteroatoms. The summed E-state index contributed by atoms with van der Waals surface area (Å²) in [6.45, 7) is 6.44. The van der Waals surface area contributed by atoms with Crippen molar-refractivity contribution in [2.45, 2.75) is 18.9 Å². The van der Waals surface area contributed by atoms with Crippen LogP contribution in [0.25, 0.3) is 11.3 Å². The predicted molar refractivity (Wildman–Crippen MR) is 156 cm³/mol. The first kappa shape index (κ1) is 34.3. The van der Waals surface area contributed by atoms with Crippen molar-refractivity contribution in [2.75, 3.05) is 64.3 Å². The maximum atomic E-state index is 13.7. The van der Waals surface area contributed by atoms with Crippen LogP contribution < -0.4 is 20.9 Å². The molecular formula is C29H31ClF7N7O. The number of nitrogens with one attached hydrogen (secondary N) is 3. The third kappa shape index (κ3) is 9.25. The molecule has 45 heavy (non-hydrogen) atoms. The Labute approximate surface area is 260 Å². The number of piperazine rings is 2. The van der Waals surface area contributed by atoms with E-state index in [4.69, 9.17) is 11.6 Å². The predicted octanol–water partition coefficient (Wildman–Crippen LogP) is 4.83. The number of alkyl halides is 6. The standard InChI is InChI=1S/C25H21ClF7N5O.C4H10N2/c1-37(13-14-8-15(24(28,29)30)10-16(9-14)25(31,32)33)22(39)19-12-35-23(38-6-4-34-5-7-38)36-21(19)18-3-2-17(27)11-20(18)26;1-2-6-4-3-5-1/h2-3,8-12,34H,4-7,13H2,1H3;5-6H,1-4H2. The van der Waals surface area contributed by atoms with Crippen LogP contribution in [-0.2, 0) is 18.9 Å². The number of hydrogen-bond acceptors (Lipinski definition) is 7. The van der Waals surface area contributed by atoms with Crippen molar-refractivity contribution in [3.8, 4) is 11.3 Å². The zero-order valence-electron chi connectivity index (χ0n) is 24.1. The fraction of sp³-hybridized carbons (Fsp3) is 0.414. The van der Waals surface area contributed by atoms with E-state index < -0.39 is 41.7 Å². The highest BCUT2D eigenvalue weighted by atomic mass is 35.5. The smallest absolute Gasteiger partial charge is 0.338 e. The zero-order chi connectivity index (χ0) is 32.8. The minimum atomic E-state index is -5.03. The molecule has 2 fully saturated rings. The number of hydrogen-bond donors (Lipinski definition) is 3. The number of benzene rings is 2. The first-order valence-electron chi connectivity index (χ1n) is 14.0. The topological polar surface area (TPSA) is 85.4 Å². The molecule has 3 N–H and O–H groups in total. The van der Waals surface area contributed by atoms with Gasteiger partial charge in [0.1, 0.15) is 5.82 Å². The Morgan fingerprint density at radius 2 is 1.44 bits per heavy atom. The van der Waals surface area contributed by atoms with E-state index in [1.165, 1.54) is 19.3 Å². The SMILES string of the molecule is C1CNCCN1.CN(Cc1cc(C(F)(F)F)cc(C(F)(F)F)c1)C(=O)c1cnc(N2CCNCC2)nc1-c1ccc(F)cc1Cl. The lowest BCUT2D eigenvalue weighted by Crippen LogP contribution is -2.44. The first-order valence-corrected chi connectivity index (χ1v) is 14.3. The molecule has 3 aromatic rings. The number of aromatic nitrogens is 2. The Morgan fingerprint density at radius 3 is 1.96 bits per heavy atom. The van der Waals surface area contributed by atoms with Crippen molar-refractivity contribution in [1.29, 1.82) is 0 Å². The molecule has 0 bridgehead atoms. The summed E-state index contributed by atoms with van der Waals surface area (Å²) in [5.74, 6) is -1.14. The van der Waals surface area contributed by atoms with Crippen LogP contribution in [0.4, 0.5) is 36.7 Å². The lowest BCUT2D eigenvalue weighted by molar-refractivity contribution is -0.143. The van der Waals surface area contributed by atoms with E-state index >= 15 is 0 Å². The largest absolute Gasteiger partial charge is 0.416 e. The van der Waals surface area contributed by atoms with E-state index in [-0.39, 0.29) is 39.4 Å². The Kier molecular flexibility index (Phi) is 11.2. The fourth-order valence-electron chi connectivity index (χ4n) is 4.70. The van der Waals surface area contributed by atoms with Gasteiger partial charge in [0.2, 0.25) is 5.95 Å². The second-order valence-corrected chi connectivity index (χ2v) is 10.8. The second-order valence-electron chi connectivity index (χ2n) is 10.4. The number of anilines is 1. The van der Waals surface area contributed by atoms with E-state index in [1.54, 1.807) is 0 Å². The van der Waals surface area contributed by atoms with Crippen molar-refractivity contribution in [3.05, 3.63) is 75.7 Å². The highest BCUT2D eigenvalue weighted by Crippen LogP contribution is 2.37. The van der Waals surface area contributed by atoms with E-state index in [0.717, 1.165) is 43.2 Å². The van der Waals surface area contributed by atoms with Gasteiger partial charge in [0.25, 0.3) is 5.91 Å². The number of carbonyl (C=O) groups is 1. The minimum Gasteiger partial charge on any atom is -0.338 e. The van der Waals surface area contributed by atoms with Gasteiger partial charge >= 0.3 is 12.4 Å². The van der Waals surface area contributed by atoms with Gasteiger partial charge in [0.15, 0.2) is 0 Å². The Hall–Kier alpha value is -3.53. The Bertz CT molecular complexity index is 1430. The van der Waals surface area contributed by atoms with E-state index in [9.17, 15) is 35.5 Å². The molecule has 0 unspecified atom stereocenters. The minimum absolute atomic E-state index is 0.0165. The van der Waals surface area contributed by atoms with Crippen molar-refractivity contribution >= 4 is 23.5 Å². The number of carbonyl (C=O) groups excluding carboxylic acids is 1. The monoisotopic (exact) mass is 661 g/mol. The number of nitrogens with zero attached hydrogens (tertiary/aromatic N) is 4. The molecular weight excluding hydrogens is 631 g/mol. The summed E-state index contributed by atoms with van der Waals surface area (Å²) in [5, 5.41) is 9.57. The molecule has 244 valence electrons. The van der Waals surface area contributed by atoms with Crippen molar-refractivity contribution < 1.29 is 35.5 Å². The molecule has 0 spiro atoms. The van der Waals surface area contributed by atoms with Crippen LogP contribution in [0.3, 0.4) is 0 Å². The summed E-state index contributed by atoms with van der Waals surface area (Å²) in [4.78, 5) is 25.0. The van der Waals surface area contributed by atoms with Crippen LogP contribution in [-0.4, -0.2) is 80.2 Å². The van der Waals surface area contributed by atoms with Gasteiger partial charge in [-0.25, -0.2) is 14.4 Å². The van der Waals surface area contributed by atoms with Gasteiger partial charge in [-0.3, -0.25) is 4.79 Å². The molecule has 2 aromatic carbocycles. The van der Waals surface area contributed by atoms with Gasteiger partial charge < -0.3 is 25.8 Å². The van der Waals surface area contributed by atoms with Crippen molar-refractivity contribution in [3.63, 3.8) is 0 Å². The van der Waals surface area contributed by atoms with Gasteiger partial charge in [-0.2, -0.15) is 26.3 Å². The molecule has 0 aliphatic carbocycles. The molecule has 2 aliphatic heterocycles. The normalized spacial score (nSPS) is 15.7. The number of halogens is 8. The molecule has 1 aromatic heterocycles. The van der Waals surface area contributed by atoms with Gasteiger partial charge in [-0.05, 0) is 42.0 Å². The van der Waals surface area contributed by atoms with Gasteiger partial charge in [0, 0.05) is 77.7 Å². The van der Waals surface area contributed by atoms with Crippen molar-refractivity contribution in [2.24, 2.45) is 0 Å². The lowest BCUT2D eigenvalue weighted by Gasteiger charge is -2.28. The summed E-state index contributed by atoms with van der Waals surface area (Å²) in [7, 11) is 1.22. The summed E-state index contributed by atoms with van der Waals surface area (Å²) in [5.41, 5.74) is -3.24. The summed E-state index contributed by atoms with van der Waals surface area (Å²) < 4.78 is 93.4. The van der Waals surface area contributed by atoms with Crippen LogP contribution in [0.5, 0.6) is 0 Å². The van der Waals surface area contributed by atoms with E-state index in [2.05, 4.69) is 25.9 Å². The van der Waals surface area contributed by atoms with Crippen molar-refractivity contribution in [1.82, 2.24) is 30.8 Å². The van der Waals surface area contributed by atoms with E-state index in [0.29, 0.717) is 38.3 Å². The third-order valence-electron chi connectivity index (χ3n) is 6.96. The number of amides is 1. The molecule has 1 amide bonds. The average Bonchev–Trinajstić information content (AvgIpc) is 3.01. The molecule has 2 saturated heterocycles. The molecule has 8 nitrogen and oxygen atoms in total. The van der Waals surface area contributed by atoms with Crippen LogP contribution >= 0.6 is 11.6 Å². The maximum Gasteiger partial charge on any atom is 0.416 e. The van der Waals surface area contributed by atoms with Crippen LogP contribution in [0.15, 0.2) is 42.6 Å². The zero-order valence-corrected chi connectivity index (χ0v) is 24.9. The van der Waals surface area contributed by atoms with Crippen LogP contribution in [0.2, 0.25) is 5.02 Å². The molecule has 0 atom stereocenters. The number of rotatable bonds is 5. The second kappa shape index (κ2) is 14.7. The third-order valence-corrected chi connectivity index (χ3v) is 7.28. The quantitative estimate of drug-likeness (QED) is 0.338. The lowest BCUT2D eigenvalue weighted by atomic mass is 10.0. The highest BCUT2D eigenvalue weighted by molar-refractivity contribution is 6.33. The van der Waals surface area contributed by atoms with Gasteiger partial charge in [0.05, 0.1) is 27.4 Å². The molecule has 5 rings (SSSR count). The summed E-state index contributed by atoms with van der Waals surface area (Å²) >= 11 is 6.25. The fourth-order valence-corrected chi connectivity index (χ4v) is 4.96. The average molecular weight is 662 g/mol. The maximum absolute atomic E-state index is 13.7. The summed E-state index contributed by atoms with van der Waals surface area (Å²) in [6, 6.07) is 4.60. The van der Waals surface area contributed by atoms with Crippen LogP contribution in [0.1, 0.15) is 27.0 Å². The van der Waals surface area contributed by atoms with Crippen LogP contribution in [0, 0.1) is 5.82 Å². The molecule has 0 radical (unpaired) electrons. The van der Waals surface area contributed by atoms with Gasteiger partial charge in [-0.15, -0.1) is 0 Å². The Morgan fingerprint density at radius 1 is 0.889 bits per heavy atom. The summed E-state index contributed by atoms with van der Waals surface area (Å²) in [6.07, 6.45) is -8.84. The van der Waals surface area contributed by atoms with Gasteiger partial charge in [-0.1, -0.05) is 11.6 Å². The molecule has 0 saturated carbocycles. The first-order chi connectivity index (χ1) is 21.2. The Balaban J connectivity index is 0.000000687. The highest BCUT2D eigenvalue weighted by Gasteiger charge is 2.37. The van der Waals surface area contributed by atoms with E-state index in [1.807, 2.05) is 4.90 Å². The molecule has 2 aliphatic rings.